The molecule has 0 fully saturated rings. The number of hydrogen-bond donors (Lipinski definition) is 1. The topological polar surface area (TPSA) is 107 Å². The quantitative estimate of drug-likeness (QED) is 0.647. The van der Waals surface area contributed by atoms with Crippen LogP contribution in [0.15, 0.2) is 54.6 Å². The van der Waals surface area contributed by atoms with E-state index in [9.17, 15) is 17.6 Å². The maximum absolute atomic E-state index is 12.9. The largest absolute Gasteiger partial charge is 0.351 e. The molecule has 3 rings (SSSR count). The summed E-state index contributed by atoms with van der Waals surface area (Å²) in [6.45, 7) is 0.108. The Balaban J connectivity index is 1.61. The van der Waals surface area contributed by atoms with E-state index in [-0.39, 0.29) is 18.2 Å². The van der Waals surface area contributed by atoms with Crippen LogP contribution in [-0.2, 0) is 26.9 Å². The van der Waals surface area contributed by atoms with E-state index < -0.39 is 27.3 Å². The standard InChI is InChI=1S/C17H16FN5O3S/c18-14-8-6-13(7-9-14)10-19-17(24)12-27(25,26)11-16-20-21-22-23(16)15-4-2-1-3-5-15/h1-9H,10-12H2,(H,19,24). The summed E-state index contributed by atoms with van der Waals surface area (Å²) in [5, 5.41) is 13.5. The van der Waals surface area contributed by atoms with Gasteiger partial charge in [0.1, 0.15) is 17.3 Å². The van der Waals surface area contributed by atoms with E-state index in [4.69, 9.17) is 0 Å². The number of rotatable bonds is 7. The van der Waals surface area contributed by atoms with Crippen molar-refractivity contribution in [3.05, 3.63) is 71.8 Å². The zero-order chi connectivity index (χ0) is 19.3. The molecule has 0 bridgehead atoms. The molecule has 0 spiro atoms. The molecule has 0 aliphatic carbocycles. The number of halogens is 1. The van der Waals surface area contributed by atoms with Crippen molar-refractivity contribution >= 4 is 15.7 Å². The van der Waals surface area contributed by atoms with Crippen LogP contribution in [0.3, 0.4) is 0 Å². The maximum atomic E-state index is 12.9. The first kappa shape index (κ1) is 18.6. The zero-order valence-electron chi connectivity index (χ0n) is 14.1. The second-order valence-corrected chi connectivity index (χ2v) is 7.84. The maximum Gasteiger partial charge on any atom is 0.235 e. The number of carbonyl (C=O) groups excluding carboxylic acids is 1. The molecule has 140 valence electrons. The molecule has 0 saturated carbocycles. The minimum atomic E-state index is -3.78. The van der Waals surface area contributed by atoms with Gasteiger partial charge in [-0.25, -0.2) is 12.8 Å². The van der Waals surface area contributed by atoms with E-state index in [1.165, 1.54) is 28.9 Å². The molecule has 0 atom stereocenters. The second-order valence-electron chi connectivity index (χ2n) is 5.78. The Hall–Kier alpha value is -3.14. The third kappa shape index (κ3) is 5.17. The fourth-order valence-electron chi connectivity index (χ4n) is 2.37. The Morgan fingerprint density at radius 3 is 2.48 bits per heavy atom. The first-order valence-corrected chi connectivity index (χ1v) is 9.79. The van der Waals surface area contributed by atoms with Gasteiger partial charge in [-0.2, -0.15) is 4.68 Å². The fraction of sp³-hybridized carbons (Fsp3) is 0.176. The smallest absolute Gasteiger partial charge is 0.235 e. The average molecular weight is 389 g/mol. The van der Waals surface area contributed by atoms with E-state index in [0.717, 1.165) is 0 Å². The molecule has 3 aromatic rings. The lowest BCUT2D eigenvalue weighted by molar-refractivity contribution is -0.118. The van der Waals surface area contributed by atoms with Gasteiger partial charge in [0.2, 0.25) is 5.91 Å². The van der Waals surface area contributed by atoms with Crippen molar-refractivity contribution in [1.29, 1.82) is 0 Å². The molecule has 0 aliphatic heterocycles. The lowest BCUT2D eigenvalue weighted by Gasteiger charge is -2.07. The van der Waals surface area contributed by atoms with Crippen molar-refractivity contribution in [1.82, 2.24) is 25.5 Å². The number of nitrogens with one attached hydrogen (secondary N) is 1. The Kier molecular flexibility index (Phi) is 5.55. The zero-order valence-corrected chi connectivity index (χ0v) is 14.9. The summed E-state index contributed by atoms with van der Waals surface area (Å²) in [5.74, 6) is -2.09. The molecule has 0 aliphatic rings. The second kappa shape index (κ2) is 8.04. The van der Waals surface area contributed by atoms with Crippen LogP contribution in [0, 0.1) is 5.82 Å². The number of tetrazole rings is 1. The summed E-state index contributed by atoms with van der Waals surface area (Å²) >= 11 is 0. The summed E-state index contributed by atoms with van der Waals surface area (Å²) in [7, 11) is -3.78. The van der Waals surface area contributed by atoms with E-state index in [1.807, 2.05) is 6.07 Å². The monoisotopic (exact) mass is 389 g/mol. The number of aromatic nitrogens is 4. The van der Waals surface area contributed by atoms with Crippen LogP contribution in [0.25, 0.3) is 5.69 Å². The van der Waals surface area contributed by atoms with Gasteiger partial charge in [0.25, 0.3) is 0 Å². The average Bonchev–Trinajstić information content (AvgIpc) is 3.09. The summed E-state index contributed by atoms with van der Waals surface area (Å²) in [6.07, 6.45) is 0. The van der Waals surface area contributed by atoms with Crippen molar-refractivity contribution in [2.45, 2.75) is 12.3 Å². The van der Waals surface area contributed by atoms with Gasteiger partial charge in [0.05, 0.1) is 5.69 Å². The molecule has 1 amide bonds. The summed E-state index contributed by atoms with van der Waals surface area (Å²) in [5.41, 5.74) is 1.28. The minimum Gasteiger partial charge on any atom is -0.351 e. The molecular formula is C17H16FN5O3S. The number of para-hydroxylation sites is 1. The molecule has 1 N–H and O–H groups in total. The van der Waals surface area contributed by atoms with Gasteiger partial charge >= 0.3 is 0 Å². The van der Waals surface area contributed by atoms with E-state index in [2.05, 4.69) is 20.8 Å². The fourth-order valence-corrected chi connectivity index (χ4v) is 3.54. The highest BCUT2D eigenvalue weighted by atomic mass is 32.2. The van der Waals surface area contributed by atoms with Gasteiger partial charge in [-0.3, -0.25) is 4.79 Å². The predicted octanol–water partition coefficient (Wildman–Crippen LogP) is 1.03. The lowest BCUT2D eigenvalue weighted by Crippen LogP contribution is -2.30. The van der Waals surface area contributed by atoms with Crippen LogP contribution in [-0.4, -0.2) is 40.3 Å². The van der Waals surface area contributed by atoms with Crippen molar-refractivity contribution in [2.75, 3.05) is 5.75 Å². The highest BCUT2D eigenvalue weighted by molar-refractivity contribution is 7.91. The van der Waals surface area contributed by atoms with Gasteiger partial charge in [-0.15, -0.1) is 5.10 Å². The van der Waals surface area contributed by atoms with Crippen molar-refractivity contribution in [3.63, 3.8) is 0 Å². The van der Waals surface area contributed by atoms with Gasteiger partial charge < -0.3 is 5.32 Å². The van der Waals surface area contributed by atoms with Crippen molar-refractivity contribution in [3.8, 4) is 5.69 Å². The van der Waals surface area contributed by atoms with E-state index >= 15 is 0 Å². The number of amides is 1. The van der Waals surface area contributed by atoms with Crippen LogP contribution in [0.5, 0.6) is 0 Å². The van der Waals surface area contributed by atoms with Crippen molar-refractivity contribution in [2.24, 2.45) is 0 Å². The summed E-state index contributed by atoms with van der Waals surface area (Å²) < 4.78 is 38.8. The third-order valence-corrected chi connectivity index (χ3v) is 5.04. The molecule has 2 aromatic carbocycles. The van der Waals surface area contributed by atoms with Crippen LogP contribution in [0.1, 0.15) is 11.4 Å². The van der Waals surface area contributed by atoms with Crippen LogP contribution in [0.2, 0.25) is 0 Å². The van der Waals surface area contributed by atoms with Gasteiger partial charge in [-0.05, 0) is 40.3 Å². The third-order valence-electron chi connectivity index (χ3n) is 3.64. The van der Waals surface area contributed by atoms with Crippen LogP contribution >= 0.6 is 0 Å². The Labute approximate surface area is 154 Å². The number of carbonyl (C=O) groups is 1. The molecule has 1 heterocycles. The van der Waals surface area contributed by atoms with Crippen molar-refractivity contribution < 1.29 is 17.6 Å². The van der Waals surface area contributed by atoms with E-state index in [0.29, 0.717) is 11.3 Å². The van der Waals surface area contributed by atoms with Gasteiger partial charge in [0, 0.05) is 6.54 Å². The molecular weight excluding hydrogens is 373 g/mol. The molecule has 1 aromatic heterocycles. The van der Waals surface area contributed by atoms with E-state index in [1.54, 1.807) is 24.3 Å². The van der Waals surface area contributed by atoms with Gasteiger partial charge in [0.15, 0.2) is 15.7 Å². The molecule has 0 radical (unpaired) electrons. The van der Waals surface area contributed by atoms with Gasteiger partial charge in [-0.1, -0.05) is 30.3 Å². The first-order chi connectivity index (χ1) is 12.9. The summed E-state index contributed by atoms with van der Waals surface area (Å²) in [4.78, 5) is 12.0. The minimum absolute atomic E-state index is 0.108. The normalized spacial score (nSPS) is 11.3. The molecule has 0 unspecified atom stereocenters. The van der Waals surface area contributed by atoms with Crippen LogP contribution in [0.4, 0.5) is 4.39 Å². The Bertz CT molecular complexity index is 1020. The molecule has 27 heavy (non-hydrogen) atoms. The highest BCUT2D eigenvalue weighted by Gasteiger charge is 2.21. The number of hydrogen-bond acceptors (Lipinski definition) is 6. The summed E-state index contributed by atoms with van der Waals surface area (Å²) in [6, 6.07) is 14.4. The SMILES string of the molecule is O=C(CS(=O)(=O)Cc1nnnn1-c1ccccc1)NCc1ccc(F)cc1. The number of sulfone groups is 1. The number of benzene rings is 2. The predicted molar refractivity (Wildman–Crippen MR) is 94.9 cm³/mol. The molecule has 0 saturated heterocycles. The molecule has 10 heteroatoms. The highest BCUT2D eigenvalue weighted by Crippen LogP contribution is 2.10. The Morgan fingerprint density at radius 1 is 1.07 bits per heavy atom. The molecule has 8 nitrogen and oxygen atoms in total. The van der Waals surface area contributed by atoms with Crippen LogP contribution < -0.4 is 5.32 Å². The Morgan fingerprint density at radius 2 is 1.78 bits per heavy atom. The lowest BCUT2D eigenvalue weighted by atomic mass is 10.2. The first-order valence-electron chi connectivity index (χ1n) is 7.97. The number of nitrogens with zero attached hydrogens (tertiary/aromatic N) is 4.